The molecule has 1 amide bonds. The van der Waals surface area contributed by atoms with Crippen LogP contribution in [-0.2, 0) is 4.74 Å². The molecule has 1 aliphatic heterocycles. The maximum Gasteiger partial charge on any atom is 0.272 e. The summed E-state index contributed by atoms with van der Waals surface area (Å²) in [5.74, 6) is -0.0833. The van der Waals surface area contributed by atoms with Crippen molar-refractivity contribution in [2.24, 2.45) is 0 Å². The minimum absolute atomic E-state index is 0.0833. The van der Waals surface area contributed by atoms with Gasteiger partial charge in [-0.2, -0.15) is 5.10 Å². The zero-order valence-corrected chi connectivity index (χ0v) is 14.7. The number of carbonyl (C=O) groups is 1. The van der Waals surface area contributed by atoms with Crippen molar-refractivity contribution in [1.29, 1.82) is 0 Å². The van der Waals surface area contributed by atoms with E-state index in [9.17, 15) is 4.79 Å². The highest BCUT2D eigenvalue weighted by Crippen LogP contribution is 2.25. The predicted molar refractivity (Wildman–Crippen MR) is 97.9 cm³/mol. The number of nitrogens with one attached hydrogen (secondary N) is 1. The molecule has 0 bridgehead atoms. The summed E-state index contributed by atoms with van der Waals surface area (Å²) in [6.07, 6.45) is 3.24. The standard InChI is InChI=1S/C19H17ClN4O2/c20-15-3-1-14(2-4-15)18-12-24(9-10-26-18)19(25)17-11-16(22-23-17)13-5-7-21-8-6-13/h1-8,11,18H,9-10,12H2,(H,22,23)/t18-/m1/s1. The summed E-state index contributed by atoms with van der Waals surface area (Å²) in [6, 6.07) is 13.0. The number of aromatic nitrogens is 3. The lowest BCUT2D eigenvalue weighted by atomic mass is 10.1. The first-order valence-electron chi connectivity index (χ1n) is 8.33. The third-order valence-electron chi connectivity index (χ3n) is 4.38. The largest absolute Gasteiger partial charge is 0.370 e. The molecule has 0 saturated carbocycles. The third-order valence-corrected chi connectivity index (χ3v) is 4.63. The Balaban J connectivity index is 1.49. The van der Waals surface area contributed by atoms with Gasteiger partial charge in [-0.25, -0.2) is 0 Å². The number of hydrogen-bond donors (Lipinski definition) is 1. The maximum atomic E-state index is 12.8. The van der Waals surface area contributed by atoms with Gasteiger partial charge in [0.25, 0.3) is 5.91 Å². The number of amides is 1. The van der Waals surface area contributed by atoms with Gasteiger partial charge in [0.05, 0.1) is 18.8 Å². The fraction of sp³-hybridized carbons (Fsp3) is 0.211. The van der Waals surface area contributed by atoms with E-state index in [0.29, 0.717) is 30.4 Å². The number of benzene rings is 1. The van der Waals surface area contributed by atoms with Gasteiger partial charge in [0.2, 0.25) is 0 Å². The SMILES string of the molecule is O=C(c1cc(-c2ccncc2)n[nH]1)N1CCO[C@@H](c2ccc(Cl)cc2)C1. The summed E-state index contributed by atoms with van der Waals surface area (Å²) in [4.78, 5) is 18.6. The average Bonchev–Trinajstić information content (AvgIpc) is 3.19. The molecule has 7 heteroatoms. The molecule has 1 saturated heterocycles. The van der Waals surface area contributed by atoms with Gasteiger partial charge in [0.1, 0.15) is 11.8 Å². The number of rotatable bonds is 3. The summed E-state index contributed by atoms with van der Waals surface area (Å²) >= 11 is 5.94. The fourth-order valence-corrected chi connectivity index (χ4v) is 3.11. The van der Waals surface area contributed by atoms with Crippen LogP contribution in [0, 0.1) is 0 Å². The van der Waals surface area contributed by atoms with E-state index in [2.05, 4.69) is 15.2 Å². The van der Waals surface area contributed by atoms with Gasteiger partial charge < -0.3 is 9.64 Å². The summed E-state index contributed by atoms with van der Waals surface area (Å²) < 4.78 is 5.82. The normalized spacial score (nSPS) is 17.3. The van der Waals surface area contributed by atoms with Crippen molar-refractivity contribution in [2.45, 2.75) is 6.10 Å². The molecule has 3 heterocycles. The van der Waals surface area contributed by atoms with Crippen LogP contribution in [0.1, 0.15) is 22.2 Å². The molecule has 0 radical (unpaired) electrons. The summed E-state index contributed by atoms with van der Waals surface area (Å²) in [5, 5.41) is 7.77. The van der Waals surface area contributed by atoms with Crippen molar-refractivity contribution in [3.63, 3.8) is 0 Å². The molecule has 0 aliphatic carbocycles. The third kappa shape index (κ3) is 3.47. The number of H-pyrrole nitrogens is 1. The van der Waals surface area contributed by atoms with Crippen LogP contribution in [-0.4, -0.2) is 45.7 Å². The quantitative estimate of drug-likeness (QED) is 0.769. The van der Waals surface area contributed by atoms with Crippen LogP contribution in [0.4, 0.5) is 0 Å². The van der Waals surface area contributed by atoms with Crippen LogP contribution in [0.15, 0.2) is 54.9 Å². The van der Waals surface area contributed by atoms with E-state index in [1.54, 1.807) is 23.4 Å². The van der Waals surface area contributed by atoms with Gasteiger partial charge in [0, 0.05) is 29.5 Å². The molecular formula is C19H17ClN4O2. The summed E-state index contributed by atoms with van der Waals surface area (Å²) in [6.45, 7) is 1.53. The van der Waals surface area contributed by atoms with E-state index < -0.39 is 0 Å². The van der Waals surface area contributed by atoms with Gasteiger partial charge >= 0.3 is 0 Å². The monoisotopic (exact) mass is 368 g/mol. The minimum atomic E-state index is -0.160. The predicted octanol–water partition coefficient (Wildman–Crippen LogP) is 3.34. The molecule has 6 nitrogen and oxygen atoms in total. The molecule has 1 aliphatic rings. The molecule has 0 spiro atoms. The second-order valence-electron chi connectivity index (χ2n) is 6.06. The van der Waals surface area contributed by atoms with Crippen molar-refractivity contribution in [3.05, 3.63) is 71.1 Å². The highest BCUT2D eigenvalue weighted by molar-refractivity contribution is 6.30. The number of aromatic amines is 1. The Morgan fingerprint density at radius 3 is 2.73 bits per heavy atom. The van der Waals surface area contributed by atoms with Gasteiger partial charge in [-0.15, -0.1) is 0 Å². The van der Waals surface area contributed by atoms with Crippen LogP contribution in [0.25, 0.3) is 11.3 Å². The fourth-order valence-electron chi connectivity index (χ4n) is 2.99. The molecule has 3 aromatic rings. The topological polar surface area (TPSA) is 71.1 Å². The van der Waals surface area contributed by atoms with E-state index in [4.69, 9.17) is 16.3 Å². The molecule has 26 heavy (non-hydrogen) atoms. The van der Waals surface area contributed by atoms with Crippen LogP contribution in [0.3, 0.4) is 0 Å². The number of ether oxygens (including phenoxy) is 1. The molecule has 2 aromatic heterocycles. The van der Waals surface area contributed by atoms with Gasteiger partial charge in [-0.05, 0) is 35.9 Å². The van der Waals surface area contributed by atoms with Crippen LogP contribution < -0.4 is 0 Å². The molecule has 0 unspecified atom stereocenters. The number of halogens is 1. The Hall–Kier alpha value is -2.70. The Bertz CT molecular complexity index is 895. The van der Waals surface area contributed by atoms with Gasteiger partial charge in [-0.1, -0.05) is 23.7 Å². The lowest BCUT2D eigenvalue weighted by molar-refractivity contribution is -0.0230. The smallest absolute Gasteiger partial charge is 0.272 e. The Morgan fingerprint density at radius 1 is 1.19 bits per heavy atom. The summed E-state index contributed by atoms with van der Waals surface area (Å²) in [5.41, 5.74) is 3.11. The first-order valence-corrected chi connectivity index (χ1v) is 8.70. The molecule has 1 N–H and O–H groups in total. The van der Waals surface area contributed by atoms with Crippen molar-refractivity contribution < 1.29 is 9.53 Å². The minimum Gasteiger partial charge on any atom is -0.370 e. The van der Waals surface area contributed by atoms with E-state index in [1.165, 1.54) is 0 Å². The highest BCUT2D eigenvalue weighted by atomic mass is 35.5. The number of nitrogens with zero attached hydrogens (tertiary/aromatic N) is 3. The molecule has 132 valence electrons. The Kier molecular flexibility index (Phi) is 4.69. The van der Waals surface area contributed by atoms with Crippen molar-refractivity contribution in [2.75, 3.05) is 19.7 Å². The van der Waals surface area contributed by atoms with Crippen molar-refractivity contribution >= 4 is 17.5 Å². The number of morpholine rings is 1. The zero-order chi connectivity index (χ0) is 17.9. The second-order valence-corrected chi connectivity index (χ2v) is 6.50. The Morgan fingerprint density at radius 2 is 1.96 bits per heavy atom. The van der Waals surface area contributed by atoms with Crippen LogP contribution >= 0.6 is 11.6 Å². The lowest BCUT2D eigenvalue weighted by Gasteiger charge is -2.33. The van der Waals surface area contributed by atoms with Gasteiger partial charge in [-0.3, -0.25) is 14.9 Å². The van der Waals surface area contributed by atoms with Crippen LogP contribution in [0.2, 0.25) is 5.02 Å². The molecule has 1 atom stereocenters. The molecule has 1 aromatic carbocycles. The molecule has 1 fully saturated rings. The van der Waals surface area contributed by atoms with Crippen molar-refractivity contribution in [3.8, 4) is 11.3 Å². The first kappa shape index (κ1) is 16.8. The zero-order valence-electron chi connectivity index (χ0n) is 13.9. The number of pyridine rings is 1. The van der Waals surface area contributed by atoms with Crippen LogP contribution in [0.5, 0.6) is 0 Å². The van der Waals surface area contributed by atoms with E-state index in [0.717, 1.165) is 16.8 Å². The first-order chi connectivity index (χ1) is 12.7. The number of hydrogen-bond acceptors (Lipinski definition) is 4. The molecule has 4 rings (SSSR count). The summed E-state index contributed by atoms with van der Waals surface area (Å²) in [7, 11) is 0. The van der Waals surface area contributed by atoms with Gasteiger partial charge in [0.15, 0.2) is 0 Å². The average molecular weight is 369 g/mol. The molecular weight excluding hydrogens is 352 g/mol. The second kappa shape index (κ2) is 7.27. The number of carbonyl (C=O) groups excluding carboxylic acids is 1. The van der Waals surface area contributed by atoms with E-state index >= 15 is 0 Å². The van der Waals surface area contributed by atoms with E-state index in [-0.39, 0.29) is 12.0 Å². The van der Waals surface area contributed by atoms with Crippen molar-refractivity contribution in [1.82, 2.24) is 20.1 Å². The van der Waals surface area contributed by atoms with E-state index in [1.807, 2.05) is 36.4 Å². The maximum absolute atomic E-state index is 12.8. The lowest BCUT2D eigenvalue weighted by Crippen LogP contribution is -2.42. The highest BCUT2D eigenvalue weighted by Gasteiger charge is 2.27. The Labute approximate surface area is 155 Å².